The van der Waals surface area contributed by atoms with Gasteiger partial charge in [0.25, 0.3) is 0 Å². The fourth-order valence-corrected chi connectivity index (χ4v) is 6.01. The van der Waals surface area contributed by atoms with Crippen molar-refractivity contribution < 1.29 is 19.1 Å². The molecular formula is C28H26Cl2N4O4S2. The Bertz CT molecular complexity index is 1490. The fourth-order valence-electron chi connectivity index (χ4n) is 3.81. The van der Waals surface area contributed by atoms with Crippen LogP contribution in [-0.2, 0) is 22.5 Å². The van der Waals surface area contributed by atoms with Crippen LogP contribution in [0.3, 0.4) is 0 Å². The average Bonchev–Trinajstić information content (AvgIpc) is 3.55. The highest BCUT2D eigenvalue weighted by atomic mass is 35.5. The van der Waals surface area contributed by atoms with Crippen LogP contribution >= 0.6 is 46.3 Å². The third-order valence-corrected chi connectivity index (χ3v) is 8.04. The van der Waals surface area contributed by atoms with Crippen LogP contribution in [0.1, 0.15) is 22.6 Å². The summed E-state index contributed by atoms with van der Waals surface area (Å²) in [4.78, 5) is 25.4. The number of thiophene rings is 1. The van der Waals surface area contributed by atoms with Gasteiger partial charge in [-0.25, -0.2) is 4.79 Å². The lowest BCUT2D eigenvalue weighted by Crippen LogP contribution is -2.16. The molecule has 0 spiro atoms. The van der Waals surface area contributed by atoms with E-state index in [0.29, 0.717) is 63.1 Å². The number of ether oxygens (including phenoxy) is 2. The Balaban J connectivity index is 1.37. The summed E-state index contributed by atoms with van der Waals surface area (Å²) >= 11 is 14.6. The summed E-state index contributed by atoms with van der Waals surface area (Å²) in [5, 5.41) is 15.3. The summed E-state index contributed by atoms with van der Waals surface area (Å²) in [6.07, 6.45) is 3.04. The third-order valence-electron chi connectivity index (χ3n) is 5.65. The number of anilines is 1. The fraction of sp³-hybridized carbons (Fsp3) is 0.214. The highest BCUT2D eigenvalue weighted by Gasteiger charge is 2.23. The lowest BCUT2D eigenvalue weighted by molar-refractivity contribution is -0.113. The quantitative estimate of drug-likeness (QED) is 0.0745. The van der Waals surface area contributed by atoms with Crippen LogP contribution < -0.4 is 10.1 Å². The van der Waals surface area contributed by atoms with E-state index in [0.717, 1.165) is 11.4 Å². The number of thioether (sulfide) groups is 1. The number of hydrogen-bond donors (Lipinski definition) is 1. The first-order chi connectivity index (χ1) is 19.4. The Kier molecular flexibility index (Phi) is 10.7. The van der Waals surface area contributed by atoms with Crippen LogP contribution in [0, 0.1) is 0 Å². The van der Waals surface area contributed by atoms with Gasteiger partial charge in [-0.3, -0.25) is 4.79 Å². The predicted octanol–water partition coefficient (Wildman–Crippen LogP) is 7.03. The van der Waals surface area contributed by atoms with Gasteiger partial charge < -0.3 is 19.4 Å². The van der Waals surface area contributed by atoms with Crippen molar-refractivity contribution in [1.29, 1.82) is 0 Å². The van der Waals surface area contributed by atoms with Crippen molar-refractivity contribution in [3.05, 3.63) is 88.0 Å². The number of rotatable bonds is 13. The van der Waals surface area contributed by atoms with Gasteiger partial charge in [0, 0.05) is 28.9 Å². The zero-order chi connectivity index (χ0) is 28.5. The van der Waals surface area contributed by atoms with Gasteiger partial charge in [-0.15, -0.1) is 28.1 Å². The topological polar surface area (TPSA) is 95.3 Å². The molecule has 0 aliphatic rings. The minimum absolute atomic E-state index is 0.0760. The molecule has 2 aromatic heterocycles. The number of hydrogen-bond acceptors (Lipinski definition) is 8. The molecule has 2 heterocycles. The molecule has 0 atom stereocenters. The molecule has 0 saturated heterocycles. The molecule has 12 heteroatoms. The summed E-state index contributed by atoms with van der Waals surface area (Å²) in [6, 6.07) is 14.6. The standard InChI is InChI=1S/C28H26Cl2N4O4S2/c1-3-13-34-23(10-7-14-38-22-12-11-19(29)15-21(22)30)32-33-28(34)40-17-24(35)31-26-25(27(36)37-2)20(16-39-26)18-8-5-4-6-9-18/h3-6,8-9,11-12,15-16H,1,7,10,13-14,17H2,2H3,(H,31,35). The maximum absolute atomic E-state index is 12.9. The zero-order valence-electron chi connectivity index (χ0n) is 21.6. The molecule has 40 heavy (non-hydrogen) atoms. The van der Waals surface area contributed by atoms with Gasteiger partial charge in [0.1, 0.15) is 22.1 Å². The maximum atomic E-state index is 12.9. The second-order valence-corrected chi connectivity index (χ2v) is 11.0. The number of aromatic nitrogens is 3. The summed E-state index contributed by atoms with van der Waals surface area (Å²) < 4.78 is 12.7. The minimum Gasteiger partial charge on any atom is -0.492 e. The molecule has 8 nitrogen and oxygen atoms in total. The first-order valence-corrected chi connectivity index (χ1v) is 14.8. The molecule has 4 aromatic rings. The van der Waals surface area contributed by atoms with Crippen LogP contribution in [0.5, 0.6) is 5.75 Å². The molecule has 0 bridgehead atoms. The monoisotopic (exact) mass is 616 g/mol. The van der Waals surface area contributed by atoms with Gasteiger partial charge in [0.05, 0.1) is 24.5 Å². The van der Waals surface area contributed by atoms with Gasteiger partial charge in [0.15, 0.2) is 5.16 Å². The highest BCUT2D eigenvalue weighted by Crippen LogP contribution is 2.36. The molecule has 4 rings (SSSR count). The number of methoxy groups -OCH3 is 1. The number of nitrogens with zero attached hydrogens (tertiary/aromatic N) is 3. The summed E-state index contributed by atoms with van der Waals surface area (Å²) in [6.45, 7) is 4.75. The predicted molar refractivity (Wildman–Crippen MR) is 161 cm³/mol. The average molecular weight is 618 g/mol. The second-order valence-electron chi connectivity index (χ2n) is 8.37. The van der Waals surface area contributed by atoms with Crippen LogP contribution in [0.15, 0.2) is 71.7 Å². The van der Waals surface area contributed by atoms with Crippen LogP contribution in [0.25, 0.3) is 11.1 Å². The number of benzene rings is 2. The zero-order valence-corrected chi connectivity index (χ0v) is 24.7. The van der Waals surface area contributed by atoms with Gasteiger partial charge in [-0.1, -0.05) is 71.4 Å². The molecule has 2 aromatic carbocycles. The summed E-state index contributed by atoms with van der Waals surface area (Å²) in [5.74, 6) is 0.609. The van der Waals surface area contributed by atoms with E-state index in [1.54, 1.807) is 24.3 Å². The van der Waals surface area contributed by atoms with Gasteiger partial charge >= 0.3 is 5.97 Å². The molecule has 0 aliphatic carbocycles. The van der Waals surface area contributed by atoms with Crippen molar-refractivity contribution in [2.75, 3.05) is 24.8 Å². The van der Waals surface area contributed by atoms with E-state index in [9.17, 15) is 9.59 Å². The lowest BCUT2D eigenvalue weighted by Gasteiger charge is -2.10. The number of amides is 1. The molecule has 1 amide bonds. The van der Waals surface area contributed by atoms with Gasteiger partial charge in [-0.2, -0.15) is 0 Å². The van der Waals surface area contributed by atoms with E-state index in [2.05, 4.69) is 22.1 Å². The van der Waals surface area contributed by atoms with Gasteiger partial charge in [0.2, 0.25) is 5.91 Å². The second kappa shape index (κ2) is 14.4. The largest absolute Gasteiger partial charge is 0.492 e. The molecule has 0 fully saturated rings. The van der Waals surface area contributed by atoms with Gasteiger partial charge in [-0.05, 0) is 30.2 Å². The summed E-state index contributed by atoms with van der Waals surface area (Å²) in [7, 11) is 1.32. The van der Waals surface area contributed by atoms with E-state index >= 15 is 0 Å². The normalized spacial score (nSPS) is 10.8. The molecule has 0 aliphatic heterocycles. The molecule has 0 unspecified atom stereocenters. The molecular weight excluding hydrogens is 591 g/mol. The Morgan fingerprint density at radius 2 is 1.98 bits per heavy atom. The number of carbonyl (C=O) groups is 2. The van der Waals surface area contributed by atoms with Crippen molar-refractivity contribution in [3.8, 4) is 16.9 Å². The first-order valence-electron chi connectivity index (χ1n) is 12.2. The van der Waals surface area contributed by atoms with Crippen LogP contribution in [0.4, 0.5) is 5.00 Å². The number of esters is 1. The van der Waals surface area contributed by atoms with Crippen molar-refractivity contribution in [2.24, 2.45) is 0 Å². The molecule has 1 N–H and O–H groups in total. The van der Waals surface area contributed by atoms with Crippen molar-refractivity contribution in [1.82, 2.24) is 14.8 Å². The summed E-state index contributed by atoms with van der Waals surface area (Å²) in [5.41, 5.74) is 1.90. The van der Waals surface area contributed by atoms with Crippen LogP contribution in [0.2, 0.25) is 10.0 Å². The van der Waals surface area contributed by atoms with E-state index in [1.165, 1.54) is 30.2 Å². The molecule has 208 valence electrons. The van der Waals surface area contributed by atoms with E-state index < -0.39 is 5.97 Å². The molecule has 0 saturated carbocycles. The number of nitrogens with one attached hydrogen (secondary N) is 1. The first kappa shape index (κ1) is 29.7. The Labute approximate surface area is 250 Å². The third kappa shape index (κ3) is 7.45. The number of carbonyl (C=O) groups excluding carboxylic acids is 2. The highest BCUT2D eigenvalue weighted by molar-refractivity contribution is 7.99. The smallest absolute Gasteiger partial charge is 0.341 e. The van der Waals surface area contributed by atoms with E-state index in [-0.39, 0.29) is 11.7 Å². The van der Waals surface area contributed by atoms with E-state index in [1.807, 2.05) is 40.3 Å². The molecule has 0 radical (unpaired) electrons. The van der Waals surface area contributed by atoms with Crippen molar-refractivity contribution >= 4 is 63.2 Å². The Morgan fingerprint density at radius 3 is 2.70 bits per heavy atom. The SMILES string of the molecule is C=CCn1c(CCCOc2ccc(Cl)cc2Cl)nnc1SCC(=O)Nc1scc(-c2ccccc2)c1C(=O)OC. The Hall–Kier alpha value is -3.31. The number of allylic oxidation sites excluding steroid dienone is 1. The number of aryl methyl sites for hydroxylation is 1. The van der Waals surface area contributed by atoms with Crippen LogP contribution in [-0.4, -0.2) is 46.1 Å². The number of halogens is 2. The Morgan fingerprint density at radius 1 is 1.18 bits per heavy atom. The lowest BCUT2D eigenvalue weighted by atomic mass is 10.0. The van der Waals surface area contributed by atoms with Crippen molar-refractivity contribution in [3.63, 3.8) is 0 Å². The maximum Gasteiger partial charge on any atom is 0.341 e. The van der Waals surface area contributed by atoms with E-state index in [4.69, 9.17) is 32.7 Å². The van der Waals surface area contributed by atoms with Crippen molar-refractivity contribution in [2.45, 2.75) is 24.5 Å². The minimum atomic E-state index is -0.513.